The normalized spacial score (nSPS) is 17.3. The number of aryl methyl sites for hydroxylation is 1. The molecule has 2 aliphatic rings. The van der Waals surface area contributed by atoms with Gasteiger partial charge in [0, 0.05) is 24.9 Å². The van der Waals surface area contributed by atoms with Gasteiger partial charge in [-0.2, -0.15) is 5.10 Å². The number of nitrogens with one attached hydrogen (secondary N) is 1. The number of benzene rings is 1. The first kappa shape index (κ1) is 19.0. The first-order valence-corrected chi connectivity index (χ1v) is 11.0. The minimum absolute atomic E-state index is 0.00823. The molecule has 0 radical (unpaired) electrons. The number of carbonyl (C=O) groups excluding carboxylic acids is 1. The van der Waals surface area contributed by atoms with Gasteiger partial charge in [0.25, 0.3) is 5.56 Å². The van der Waals surface area contributed by atoms with Gasteiger partial charge >= 0.3 is 0 Å². The molecule has 2 aromatic heterocycles. The number of carbonyl (C=O) groups is 1. The van der Waals surface area contributed by atoms with Gasteiger partial charge in [-0.1, -0.05) is 31.4 Å². The van der Waals surface area contributed by atoms with E-state index in [4.69, 9.17) is 4.98 Å². The van der Waals surface area contributed by atoms with Crippen molar-refractivity contribution in [2.45, 2.75) is 69.9 Å². The Hall–Kier alpha value is -2.96. The Labute approximate surface area is 175 Å². The molecule has 7 heteroatoms. The van der Waals surface area contributed by atoms with Crippen molar-refractivity contribution in [1.29, 1.82) is 0 Å². The summed E-state index contributed by atoms with van der Waals surface area (Å²) in [7, 11) is 0. The number of hydrogen-bond donors (Lipinski definition) is 1. The Balaban J connectivity index is 1.32. The SMILES string of the molecule is O=C(CCc1nc2ccccc2c(=O)n1C1CC1)Nc1ccnn1C1CCCCC1. The second-order valence-corrected chi connectivity index (χ2v) is 8.45. The molecule has 0 spiro atoms. The van der Waals surface area contributed by atoms with Crippen LogP contribution in [0.2, 0.25) is 0 Å². The summed E-state index contributed by atoms with van der Waals surface area (Å²) in [5.74, 6) is 1.40. The summed E-state index contributed by atoms with van der Waals surface area (Å²) < 4.78 is 3.77. The number of anilines is 1. The summed E-state index contributed by atoms with van der Waals surface area (Å²) in [5, 5.41) is 8.11. The molecule has 2 saturated carbocycles. The van der Waals surface area contributed by atoms with E-state index in [1.807, 2.05) is 39.6 Å². The second kappa shape index (κ2) is 8.05. The number of rotatable bonds is 6. The Morgan fingerprint density at radius 2 is 1.83 bits per heavy atom. The van der Waals surface area contributed by atoms with Gasteiger partial charge in [0.2, 0.25) is 5.91 Å². The zero-order chi connectivity index (χ0) is 20.5. The van der Waals surface area contributed by atoms with Gasteiger partial charge in [-0.25, -0.2) is 9.67 Å². The topological polar surface area (TPSA) is 81.8 Å². The predicted octanol–water partition coefficient (Wildman–Crippen LogP) is 4.00. The van der Waals surface area contributed by atoms with E-state index < -0.39 is 0 Å². The highest BCUT2D eigenvalue weighted by atomic mass is 16.1. The highest BCUT2D eigenvalue weighted by Gasteiger charge is 2.28. The van der Waals surface area contributed by atoms with Crippen LogP contribution in [0, 0.1) is 0 Å². The Morgan fingerprint density at radius 3 is 2.63 bits per heavy atom. The summed E-state index contributed by atoms with van der Waals surface area (Å²) in [6.45, 7) is 0. The first-order valence-electron chi connectivity index (χ1n) is 11.0. The zero-order valence-electron chi connectivity index (χ0n) is 17.1. The van der Waals surface area contributed by atoms with E-state index in [9.17, 15) is 9.59 Å². The van der Waals surface area contributed by atoms with Crippen LogP contribution in [0.25, 0.3) is 10.9 Å². The molecule has 0 atom stereocenters. The maximum atomic E-state index is 13.0. The van der Waals surface area contributed by atoms with Crippen LogP contribution in [0.4, 0.5) is 5.82 Å². The smallest absolute Gasteiger partial charge is 0.261 e. The third-order valence-electron chi connectivity index (χ3n) is 6.23. The highest BCUT2D eigenvalue weighted by molar-refractivity contribution is 5.90. The standard InChI is InChI=1S/C23H27N5O2/c29-22(26-21-14-15-24-28(21)17-6-2-1-3-7-17)13-12-20-25-19-9-5-4-8-18(19)23(30)27(20)16-10-11-16/h4-5,8-9,14-17H,1-3,6-7,10-13H2,(H,26,29). The molecule has 2 fully saturated rings. The molecule has 1 aromatic carbocycles. The van der Waals surface area contributed by atoms with Crippen LogP contribution < -0.4 is 10.9 Å². The molecule has 5 rings (SSSR count). The maximum Gasteiger partial charge on any atom is 0.261 e. The molecule has 7 nitrogen and oxygen atoms in total. The van der Waals surface area contributed by atoms with Crippen LogP contribution >= 0.6 is 0 Å². The van der Waals surface area contributed by atoms with Crippen LogP contribution in [0.1, 0.15) is 69.3 Å². The zero-order valence-corrected chi connectivity index (χ0v) is 17.1. The van der Waals surface area contributed by atoms with Crippen LogP contribution in [-0.4, -0.2) is 25.2 Å². The fraction of sp³-hybridized carbons (Fsp3) is 0.478. The third kappa shape index (κ3) is 3.76. The number of aromatic nitrogens is 4. The Morgan fingerprint density at radius 1 is 1.03 bits per heavy atom. The summed E-state index contributed by atoms with van der Waals surface area (Å²) in [6.07, 6.45) is 10.4. The lowest BCUT2D eigenvalue weighted by atomic mass is 9.96. The average molecular weight is 406 g/mol. The van der Waals surface area contributed by atoms with Crippen molar-refractivity contribution in [2.75, 3.05) is 5.32 Å². The van der Waals surface area contributed by atoms with Crippen molar-refractivity contribution >= 4 is 22.6 Å². The Bertz CT molecular complexity index is 1120. The van der Waals surface area contributed by atoms with Gasteiger partial charge < -0.3 is 5.32 Å². The van der Waals surface area contributed by atoms with Crippen LogP contribution in [0.5, 0.6) is 0 Å². The van der Waals surface area contributed by atoms with E-state index in [2.05, 4.69) is 10.4 Å². The largest absolute Gasteiger partial charge is 0.311 e. The predicted molar refractivity (Wildman–Crippen MR) is 116 cm³/mol. The average Bonchev–Trinajstić information content (AvgIpc) is 3.50. The fourth-order valence-corrected chi connectivity index (χ4v) is 4.54. The molecule has 1 N–H and O–H groups in total. The molecular formula is C23H27N5O2. The van der Waals surface area contributed by atoms with E-state index in [0.717, 1.165) is 31.5 Å². The minimum atomic E-state index is -0.0719. The van der Waals surface area contributed by atoms with Crippen molar-refractivity contribution in [3.8, 4) is 0 Å². The Kier molecular flexibility index (Phi) is 5.11. The van der Waals surface area contributed by atoms with Gasteiger partial charge in [-0.15, -0.1) is 0 Å². The molecule has 30 heavy (non-hydrogen) atoms. The van der Waals surface area contributed by atoms with Crippen molar-refractivity contribution in [3.05, 3.63) is 52.7 Å². The van der Waals surface area contributed by atoms with Gasteiger partial charge in [0.05, 0.1) is 23.1 Å². The van der Waals surface area contributed by atoms with Crippen molar-refractivity contribution in [2.24, 2.45) is 0 Å². The number of amides is 1. The third-order valence-corrected chi connectivity index (χ3v) is 6.23. The molecule has 3 aromatic rings. The molecule has 2 heterocycles. The van der Waals surface area contributed by atoms with Crippen molar-refractivity contribution in [1.82, 2.24) is 19.3 Å². The lowest BCUT2D eigenvalue weighted by Crippen LogP contribution is -2.26. The molecule has 0 bridgehead atoms. The summed E-state index contributed by atoms with van der Waals surface area (Å²) >= 11 is 0. The number of para-hydroxylation sites is 1. The molecule has 2 aliphatic carbocycles. The molecule has 1 amide bonds. The van der Waals surface area contributed by atoms with E-state index >= 15 is 0 Å². The second-order valence-electron chi connectivity index (χ2n) is 8.45. The summed E-state index contributed by atoms with van der Waals surface area (Å²) in [4.78, 5) is 30.4. The number of hydrogen-bond acceptors (Lipinski definition) is 4. The summed E-state index contributed by atoms with van der Waals surface area (Å²) in [5.41, 5.74) is 0.707. The number of nitrogens with zero attached hydrogens (tertiary/aromatic N) is 4. The van der Waals surface area contributed by atoms with E-state index in [1.165, 1.54) is 19.3 Å². The summed E-state index contributed by atoms with van der Waals surface area (Å²) in [6, 6.07) is 9.89. The monoisotopic (exact) mass is 405 g/mol. The molecule has 0 aliphatic heterocycles. The lowest BCUT2D eigenvalue weighted by Gasteiger charge is -2.23. The fourth-order valence-electron chi connectivity index (χ4n) is 4.54. The first-order chi connectivity index (χ1) is 14.7. The molecule has 0 saturated heterocycles. The van der Waals surface area contributed by atoms with Gasteiger partial charge in [-0.3, -0.25) is 14.2 Å². The van der Waals surface area contributed by atoms with Crippen LogP contribution in [-0.2, 0) is 11.2 Å². The van der Waals surface area contributed by atoms with Crippen molar-refractivity contribution in [3.63, 3.8) is 0 Å². The van der Waals surface area contributed by atoms with Gasteiger partial charge in [0.1, 0.15) is 11.6 Å². The quantitative estimate of drug-likeness (QED) is 0.672. The lowest BCUT2D eigenvalue weighted by molar-refractivity contribution is -0.116. The van der Waals surface area contributed by atoms with Gasteiger partial charge in [-0.05, 0) is 37.8 Å². The van der Waals surface area contributed by atoms with E-state index in [1.54, 1.807) is 6.20 Å². The molecular weight excluding hydrogens is 378 g/mol. The van der Waals surface area contributed by atoms with Crippen LogP contribution in [0.3, 0.4) is 0 Å². The minimum Gasteiger partial charge on any atom is -0.311 e. The van der Waals surface area contributed by atoms with Crippen molar-refractivity contribution < 1.29 is 4.79 Å². The van der Waals surface area contributed by atoms with Crippen LogP contribution in [0.15, 0.2) is 41.3 Å². The van der Waals surface area contributed by atoms with E-state index in [0.29, 0.717) is 29.2 Å². The van der Waals surface area contributed by atoms with E-state index in [-0.39, 0.29) is 23.9 Å². The number of fused-ring (bicyclic) bond motifs is 1. The highest BCUT2D eigenvalue weighted by Crippen LogP contribution is 2.35. The molecule has 0 unspecified atom stereocenters. The maximum absolute atomic E-state index is 13.0. The van der Waals surface area contributed by atoms with Gasteiger partial charge in [0.15, 0.2) is 0 Å². The molecule has 156 valence electrons.